The van der Waals surface area contributed by atoms with Gasteiger partial charge in [0.15, 0.2) is 0 Å². The van der Waals surface area contributed by atoms with E-state index in [0.717, 1.165) is 15.6 Å². The number of carbonyl (C=O) groups is 1. The summed E-state index contributed by atoms with van der Waals surface area (Å²) in [5, 5.41) is 6.36. The second-order valence-corrected chi connectivity index (χ2v) is 6.09. The Morgan fingerprint density at radius 2 is 2.04 bits per heavy atom. The van der Waals surface area contributed by atoms with E-state index in [1.807, 2.05) is 13.8 Å². The van der Waals surface area contributed by atoms with E-state index >= 15 is 0 Å². The van der Waals surface area contributed by atoms with Gasteiger partial charge in [-0.15, -0.1) is 11.3 Å². The average molecular weight is 341 g/mol. The van der Waals surface area contributed by atoms with Gasteiger partial charge in [0.05, 0.1) is 17.2 Å². The van der Waals surface area contributed by atoms with Crippen molar-refractivity contribution in [3.63, 3.8) is 0 Å². The first kappa shape index (κ1) is 17.1. The van der Waals surface area contributed by atoms with Crippen molar-refractivity contribution in [3.8, 4) is 5.75 Å². The van der Waals surface area contributed by atoms with E-state index in [9.17, 15) is 13.6 Å². The van der Waals surface area contributed by atoms with Gasteiger partial charge in [0.2, 0.25) is 0 Å². The molecule has 0 bridgehead atoms. The Morgan fingerprint density at radius 3 is 2.70 bits per heavy atom. The van der Waals surface area contributed by atoms with Crippen LogP contribution >= 0.6 is 11.3 Å². The topological polar surface area (TPSA) is 63.2 Å². The van der Waals surface area contributed by atoms with Gasteiger partial charge in [-0.05, 0) is 31.5 Å². The quantitative estimate of drug-likeness (QED) is 0.847. The van der Waals surface area contributed by atoms with Gasteiger partial charge in [0, 0.05) is 11.4 Å². The molecule has 2 rings (SSSR count). The fraction of sp³-hybridized carbons (Fsp3) is 0.333. The van der Waals surface area contributed by atoms with E-state index in [1.165, 1.54) is 23.5 Å². The average Bonchev–Trinajstić information content (AvgIpc) is 2.80. The summed E-state index contributed by atoms with van der Waals surface area (Å²) in [6, 6.07) is 5.87. The zero-order valence-corrected chi connectivity index (χ0v) is 13.5. The van der Waals surface area contributed by atoms with E-state index in [2.05, 4.69) is 20.4 Å². The summed E-state index contributed by atoms with van der Waals surface area (Å²) in [6.45, 7) is 1.56. The summed E-state index contributed by atoms with van der Waals surface area (Å²) in [6.07, 6.45) is 0. The molecule has 1 heterocycles. The number of aryl methyl sites for hydroxylation is 2. The van der Waals surface area contributed by atoms with Gasteiger partial charge < -0.3 is 15.4 Å². The molecule has 0 saturated heterocycles. The molecule has 2 N–H and O–H groups in total. The SMILES string of the molecule is Cc1nc(C)c(CNC(=O)NCc2cccc(OC(F)F)c2)s1. The third-order valence-electron chi connectivity index (χ3n) is 2.99. The maximum absolute atomic E-state index is 12.2. The predicted molar refractivity (Wildman–Crippen MR) is 83.7 cm³/mol. The molecule has 0 spiro atoms. The predicted octanol–water partition coefficient (Wildman–Crippen LogP) is 3.36. The number of aromatic nitrogens is 1. The van der Waals surface area contributed by atoms with Crippen LogP contribution < -0.4 is 15.4 Å². The van der Waals surface area contributed by atoms with Crippen molar-refractivity contribution in [3.05, 3.63) is 45.4 Å². The summed E-state index contributed by atoms with van der Waals surface area (Å²) in [4.78, 5) is 17.1. The van der Waals surface area contributed by atoms with Gasteiger partial charge in [-0.2, -0.15) is 8.78 Å². The van der Waals surface area contributed by atoms with Crippen LogP contribution in [0, 0.1) is 13.8 Å². The summed E-state index contributed by atoms with van der Waals surface area (Å²) in [5.74, 6) is 0.0652. The van der Waals surface area contributed by atoms with Crippen molar-refractivity contribution in [1.82, 2.24) is 15.6 Å². The number of thiazole rings is 1. The molecule has 1 aromatic carbocycles. The van der Waals surface area contributed by atoms with Crippen LogP contribution in [0.5, 0.6) is 5.75 Å². The van der Waals surface area contributed by atoms with Crippen LogP contribution in [0.3, 0.4) is 0 Å². The van der Waals surface area contributed by atoms with Crippen LogP contribution in [0.1, 0.15) is 21.1 Å². The number of rotatable bonds is 6. The van der Waals surface area contributed by atoms with Crippen LogP contribution in [-0.2, 0) is 13.1 Å². The largest absolute Gasteiger partial charge is 0.435 e. The lowest BCUT2D eigenvalue weighted by Gasteiger charge is -2.09. The van der Waals surface area contributed by atoms with Crippen molar-refractivity contribution in [2.75, 3.05) is 0 Å². The molecular weight excluding hydrogens is 324 g/mol. The third kappa shape index (κ3) is 5.48. The number of nitrogens with one attached hydrogen (secondary N) is 2. The molecule has 0 saturated carbocycles. The lowest BCUT2D eigenvalue weighted by molar-refractivity contribution is -0.0498. The number of amides is 2. The van der Waals surface area contributed by atoms with E-state index in [-0.39, 0.29) is 18.3 Å². The molecule has 1 aromatic heterocycles. The Hall–Kier alpha value is -2.22. The van der Waals surface area contributed by atoms with Crippen molar-refractivity contribution < 1.29 is 18.3 Å². The molecule has 2 amide bonds. The number of halogens is 2. The molecule has 0 aliphatic carbocycles. The Bertz CT molecular complexity index is 676. The Labute approximate surface area is 136 Å². The van der Waals surface area contributed by atoms with E-state index in [1.54, 1.807) is 12.1 Å². The van der Waals surface area contributed by atoms with Crippen LogP contribution in [-0.4, -0.2) is 17.6 Å². The standard InChI is InChI=1S/C15H17F2N3O2S/c1-9-13(23-10(2)20-9)8-19-15(21)18-7-11-4-3-5-12(6-11)22-14(16)17/h3-6,14H,7-8H2,1-2H3,(H2,18,19,21). The molecule has 0 unspecified atom stereocenters. The van der Waals surface area contributed by atoms with Gasteiger partial charge in [-0.25, -0.2) is 9.78 Å². The van der Waals surface area contributed by atoms with Gasteiger partial charge in [0.25, 0.3) is 0 Å². The number of carbonyl (C=O) groups excluding carboxylic acids is 1. The molecular formula is C15H17F2N3O2S. The number of alkyl halides is 2. The van der Waals surface area contributed by atoms with Crippen molar-refractivity contribution in [2.24, 2.45) is 0 Å². The first-order valence-corrected chi connectivity index (χ1v) is 7.74. The normalized spacial score (nSPS) is 10.7. The highest BCUT2D eigenvalue weighted by molar-refractivity contribution is 7.11. The minimum absolute atomic E-state index is 0.0652. The van der Waals surface area contributed by atoms with Crippen molar-refractivity contribution in [1.29, 1.82) is 0 Å². The zero-order chi connectivity index (χ0) is 16.8. The first-order valence-electron chi connectivity index (χ1n) is 6.92. The van der Waals surface area contributed by atoms with Crippen LogP contribution in [0.2, 0.25) is 0 Å². The Morgan fingerprint density at radius 1 is 1.30 bits per heavy atom. The number of ether oxygens (including phenoxy) is 1. The lowest BCUT2D eigenvalue weighted by atomic mass is 10.2. The summed E-state index contributed by atoms with van der Waals surface area (Å²) in [5.41, 5.74) is 1.58. The molecule has 5 nitrogen and oxygen atoms in total. The number of urea groups is 1. The minimum Gasteiger partial charge on any atom is -0.435 e. The molecule has 0 atom stereocenters. The summed E-state index contributed by atoms with van der Waals surface area (Å²) in [7, 11) is 0. The van der Waals surface area contributed by atoms with Crippen molar-refractivity contribution >= 4 is 17.4 Å². The second-order valence-electron chi connectivity index (χ2n) is 4.80. The molecule has 0 aliphatic rings. The van der Waals surface area contributed by atoms with E-state index in [4.69, 9.17) is 0 Å². The smallest absolute Gasteiger partial charge is 0.387 e. The Kier molecular flexibility index (Phi) is 5.86. The summed E-state index contributed by atoms with van der Waals surface area (Å²) < 4.78 is 28.6. The highest BCUT2D eigenvalue weighted by atomic mass is 32.1. The fourth-order valence-electron chi connectivity index (χ4n) is 1.97. The number of nitrogens with zero attached hydrogens (tertiary/aromatic N) is 1. The van der Waals surface area contributed by atoms with E-state index in [0.29, 0.717) is 12.1 Å². The molecule has 23 heavy (non-hydrogen) atoms. The number of benzene rings is 1. The van der Waals surface area contributed by atoms with Gasteiger partial charge in [0.1, 0.15) is 5.75 Å². The molecule has 0 fully saturated rings. The molecule has 0 aliphatic heterocycles. The summed E-state index contributed by atoms with van der Waals surface area (Å²) >= 11 is 1.54. The third-order valence-corrected chi connectivity index (χ3v) is 4.06. The monoisotopic (exact) mass is 341 g/mol. The highest BCUT2D eigenvalue weighted by Gasteiger charge is 2.08. The minimum atomic E-state index is -2.87. The van der Waals surface area contributed by atoms with Gasteiger partial charge >= 0.3 is 12.6 Å². The zero-order valence-electron chi connectivity index (χ0n) is 12.7. The van der Waals surface area contributed by atoms with Crippen LogP contribution in [0.4, 0.5) is 13.6 Å². The number of hydrogen-bond donors (Lipinski definition) is 2. The molecule has 8 heteroatoms. The van der Waals surface area contributed by atoms with Crippen LogP contribution in [0.15, 0.2) is 24.3 Å². The maximum Gasteiger partial charge on any atom is 0.387 e. The molecule has 2 aromatic rings. The highest BCUT2D eigenvalue weighted by Crippen LogP contribution is 2.17. The molecule has 124 valence electrons. The molecule has 0 radical (unpaired) electrons. The fourth-order valence-corrected chi connectivity index (χ4v) is 2.85. The second kappa shape index (κ2) is 7.87. The Balaban J connectivity index is 1.81. The van der Waals surface area contributed by atoms with Gasteiger partial charge in [-0.3, -0.25) is 0 Å². The van der Waals surface area contributed by atoms with Gasteiger partial charge in [-0.1, -0.05) is 12.1 Å². The number of hydrogen-bond acceptors (Lipinski definition) is 4. The van der Waals surface area contributed by atoms with Crippen LogP contribution in [0.25, 0.3) is 0 Å². The van der Waals surface area contributed by atoms with Crippen molar-refractivity contribution in [2.45, 2.75) is 33.5 Å². The van der Waals surface area contributed by atoms with E-state index < -0.39 is 6.61 Å². The first-order chi connectivity index (χ1) is 10.9. The maximum atomic E-state index is 12.2. The lowest BCUT2D eigenvalue weighted by Crippen LogP contribution is -2.34.